The van der Waals surface area contributed by atoms with E-state index in [4.69, 9.17) is 5.73 Å². The van der Waals surface area contributed by atoms with E-state index in [1.165, 1.54) is 24.3 Å². The van der Waals surface area contributed by atoms with Gasteiger partial charge in [0.2, 0.25) is 0 Å². The lowest BCUT2D eigenvalue weighted by Gasteiger charge is -2.14. The van der Waals surface area contributed by atoms with Crippen LogP contribution in [0.25, 0.3) is 0 Å². The zero-order valence-electron chi connectivity index (χ0n) is 8.01. The van der Waals surface area contributed by atoms with Crippen molar-refractivity contribution in [1.29, 1.82) is 0 Å². The molecule has 0 aliphatic carbocycles. The number of Topliss-reactive ketones (excluding diaryl/α,β-unsaturated/α-hetero) is 1. The van der Waals surface area contributed by atoms with E-state index < -0.39 is 17.9 Å². The second-order valence-corrected chi connectivity index (χ2v) is 3.25. The molecule has 0 saturated carbocycles. The highest BCUT2D eigenvalue weighted by Crippen LogP contribution is 2.28. The summed E-state index contributed by atoms with van der Waals surface area (Å²) in [6, 6.07) is 5.52. The van der Waals surface area contributed by atoms with Gasteiger partial charge in [0.15, 0.2) is 5.78 Å². The maximum atomic E-state index is 12.2. The van der Waals surface area contributed by atoms with E-state index in [2.05, 4.69) is 0 Å². The number of rotatable bonds is 2. The van der Waals surface area contributed by atoms with Crippen molar-refractivity contribution in [2.45, 2.75) is 13.1 Å². The number of anilines is 1. The van der Waals surface area contributed by atoms with Crippen LogP contribution in [0, 0.1) is 5.92 Å². The number of benzene rings is 1. The molecule has 1 aromatic rings. The second-order valence-electron chi connectivity index (χ2n) is 3.25. The molecule has 0 fully saturated rings. The number of nitrogen functional groups attached to an aromatic ring is 1. The van der Waals surface area contributed by atoms with E-state index in [0.29, 0.717) is 0 Å². The van der Waals surface area contributed by atoms with Crippen LogP contribution in [0.4, 0.5) is 18.9 Å². The minimum Gasteiger partial charge on any atom is -0.399 e. The van der Waals surface area contributed by atoms with Crippen LogP contribution in [0.5, 0.6) is 0 Å². The first-order valence-electron chi connectivity index (χ1n) is 4.29. The molecule has 0 heterocycles. The molecule has 5 heteroatoms. The molecule has 0 aliphatic heterocycles. The highest BCUT2D eigenvalue weighted by atomic mass is 19.4. The molecule has 1 atom stereocenters. The van der Waals surface area contributed by atoms with Crippen LogP contribution in [0.15, 0.2) is 24.3 Å². The summed E-state index contributed by atoms with van der Waals surface area (Å²) < 4.78 is 36.7. The molecule has 2 N–H and O–H groups in total. The minimum absolute atomic E-state index is 0.0141. The van der Waals surface area contributed by atoms with E-state index in [1.807, 2.05) is 0 Å². The lowest BCUT2D eigenvalue weighted by molar-refractivity contribution is -0.155. The molecule has 0 saturated heterocycles. The van der Waals surface area contributed by atoms with Gasteiger partial charge in [-0.05, 0) is 19.1 Å². The molecule has 15 heavy (non-hydrogen) atoms. The maximum Gasteiger partial charge on any atom is 0.398 e. The fraction of sp³-hybridized carbons (Fsp3) is 0.300. The molecular formula is C10H10F3NO. The zero-order valence-corrected chi connectivity index (χ0v) is 8.01. The fourth-order valence-corrected chi connectivity index (χ4v) is 1.09. The Balaban J connectivity index is 2.95. The molecule has 1 unspecified atom stereocenters. The fourth-order valence-electron chi connectivity index (χ4n) is 1.09. The number of halogens is 3. The highest BCUT2D eigenvalue weighted by molar-refractivity contribution is 5.98. The predicted molar refractivity (Wildman–Crippen MR) is 50.4 cm³/mol. The molecule has 0 bridgehead atoms. The summed E-state index contributed by atoms with van der Waals surface area (Å²) in [5.41, 5.74) is 5.63. The third-order valence-electron chi connectivity index (χ3n) is 2.06. The first-order chi connectivity index (χ1) is 6.82. The number of carbonyl (C=O) groups is 1. The Hall–Kier alpha value is -1.52. The Bertz CT molecular complexity index is 373. The van der Waals surface area contributed by atoms with E-state index in [1.54, 1.807) is 0 Å². The predicted octanol–water partition coefficient (Wildman–Crippen LogP) is 2.65. The van der Waals surface area contributed by atoms with Crippen LogP contribution >= 0.6 is 0 Å². The smallest absolute Gasteiger partial charge is 0.398 e. The topological polar surface area (TPSA) is 43.1 Å². The first kappa shape index (κ1) is 11.6. The van der Waals surface area contributed by atoms with Gasteiger partial charge in [-0.2, -0.15) is 13.2 Å². The molecule has 0 aliphatic rings. The van der Waals surface area contributed by atoms with Gasteiger partial charge in [0.25, 0.3) is 0 Å². The highest BCUT2D eigenvalue weighted by Gasteiger charge is 2.41. The number of ketones is 1. The van der Waals surface area contributed by atoms with E-state index in [-0.39, 0.29) is 11.3 Å². The summed E-state index contributed by atoms with van der Waals surface area (Å²) in [5, 5.41) is 0. The summed E-state index contributed by atoms with van der Waals surface area (Å²) in [7, 11) is 0. The Labute approximate surface area is 84.9 Å². The molecule has 1 aromatic carbocycles. The van der Waals surface area contributed by atoms with Gasteiger partial charge in [-0.15, -0.1) is 0 Å². The molecule has 2 nitrogen and oxygen atoms in total. The summed E-state index contributed by atoms with van der Waals surface area (Å²) in [6.07, 6.45) is -4.51. The van der Waals surface area contributed by atoms with Crippen LogP contribution < -0.4 is 5.73 Å². The molecule has 0 aromatic heterocycles. The first-order valence-corrected chi connectivity index (χ1v) is 4.29. The number of carbonyl (C=O) groups excluding carboxylic acids is 1. The van der Waals surface area contributed by atoms with Crippen molar-refractivity contribution in [3.05, 3.63) is 29.8 Å². The normalized spacial score (nSPS) is 13.6. The van der Waals surface area contributed by atoms with E-state index >= 15 is 0 Å². The van der Waals surface area contributed by atoms with Gasteiger partial charge in [0.05, 0.1) is 0 Å². The Kier molecular flexibility index (Phi) is 3.02. The van der Waals surface area contributed by atoms with E-state index in [9.17, 15) is 18.0 Å². The van der Waals surface area contributed by atoms with Gasteiger partial charge in [0.1, 0.15) is 5.92 Å². The number of nitrogens with two attached hydrogens (primary N) is 1. The summed E-state index contributed by atoms with van der Waals surface area (Å²) >= 11 is 0. The van der Waals surface area contributed by atoms with Crippen molar-refractivity contribution in [2.24, 2.45) is 5.92 Å². The Morgan fingerprint density at radius 3 is 2.47 bits per heavy atom. The standard InChI is InChI=1S/C10H10F3NO/c1-6(10(11,12)13)9(15)7-3-2-4-8(14)5-7/h2-6H,14H2,1H3. The molecule has 82 valence electrons. The molecule has 0 spiro atoms. The van der Waals surface area contributed by atoms with Gasteiger partial charge < -0.3 is 5.73 Å². The van der Waals surface area contributed by atoms with Crippen LogP contribution in [0.1, 0.15) is 17.3 Å². The average Bonchev–Trinajstić information content (AvgIpc) is 2.14. The van der Waals surface area contributed by atoms with Gasteiger partial charge >= 0.3 is 6.18 Å². The minimum atomic E-state index is -4.51. The average molecular weight is 217 g/mol. The third-order valence-corrected chi connectivity index (χ3v) is 2.06. The van der Waals surface area contributed by atoms with Gasteiger partial charge in [-0.1, -0.05) is 12.1 Å². The van der Waals surface area contributed by atoms with Crippen LogP contribution in [0.3, 0.4) is 0 Å². The lowest BCUT2D eigenvalue weighted by atomic mass is 9.99. The zero-order chi connectivity index (χ0) is 11.6. The van der Waals surface area contributed by atoms with Crippen molar-refractivity contribution in [3.63, 3.8) is 0 Å². The molecule has 1 rings (SSSR count). The van der Waals surface area contributed by atoms with Crippen LogP contribution in [-0.2, 0) is 0 Å². The molecule has 0 amide bonds. The van der Waals surface area contributed by atoms with Crippen molar-refractivity contribution in [3.8, 4) is 0 Å². The van der Waals surface area contributed by atoms with E-state index in [0.717, 1.165) is 6.92 Å². The van der Waals surface area contributed by atoms with Gasteiger partial charge in [0, 0.05) is 11.3 Å². The van der Waals surface area contributed by atoms with Crippen LogP contribution in [0.2, 0.25) is 0 Å². The summed E-state index contributed by atoms with van der Waals surface area (Å²) in [6.45, 7) is 0.839. The quantitative estimate of drug-likeness (QED) is 0.611. The maximum absolute atomic E-state index is 12.2. The Morgan fingerprint density at radius 2 is 2.00 bits per heavy atom. The largest absolute Gasteiger partial charge is 0.399 e. The van der Waals surface area contributed by atoms with Crippen molar-refractivity contribution >= 4 is 11.5 Å². The van der Waals surface area contributed by atoms with Crippen molar-refractivity contribution in [2.75, 3.05) is 5.73 Å². The Morgan fingerprint density at radius 1 is 1.40 bits per heavy atom. The van der Waals surface area contributed by atoms with Crippen LogP contribution in [-0.4, -0.2) is 12.0 Å². The molecule has 0 radical (unpaired) electrons. The number of alkyl halides is 3. The summed E-state index contributed by atoms with van der Waals surface area (Å²) in [4.78, 5) is 11.4. The monoisotopic (exact) mass is 217 g/mol. The lowest BCUT2D eigenvalue weighted by Crippen LogP contribution is -2.28. The summed E-state index contributed by atoms with van der Waals surface area (Å²) in [5.74, 6) is -2.96. The van der Waals surface area contributed by atoms with Crippen molar-refractivity contribution in [1.82, 2.24) is 0 Å². The number of hydrogen-bond donors (Lipinski definition) is 1. The third kappa shape index (κ3) is 2.71. The number of hydrogen-bond acceptors (Lipinski definition) is 2. The molecular weight excluding hydrogens is 207 g/mol. The van der Waals surface area contributed by atoms with Gasteiger partial charge in [-0.25, -0.2) is 0 Å². The second kappa shape index (κ2) is 3.92. The van der Waals surface area contributed by atoms with Gasteiger partial charge in [-0.3, -0.25) is 4.79 Å². The SMILES string of the molecule is CC(C(=O)c1cccc(N)c1)C(F)(F)F. The van der Waals surface area contributed by atoms with Crippen molar-refractivity contribution < 1.29 is 18.0 Å².